The van der Waals surface area contributed by atoms with Crippen molar-refractivity contribution in [3.05, 3.63) is 59.2 Å². The van der Waals surface area contributed by atoms with Crippen LogP contribution in [0.15, 0.2) is 40.9 Å². The molecule has 0 saturated heterocycles. The van der Waals surface area contributed by atoms with Crippen molar-refractivity contribution >= 4 is 0 Å². The average Bonchev–Trinajstić information content (AvgIpc) is 3.20. The number of halogens is 1. The SMILES string of the molecule is COc1ccc(C(C)NCc2cn[nH]c2-c2ccc(C)o2)cc1F. The van der Waals surface area contributed by atoms with Gasteiger partial charge in [-0.2, -0.15) is 5.10 Å². The third kappa shape index (κ3) is 3.33. The number of rotatable bonds is 6. The van der Waals surface area contributed by atoms with E-state index in [1.165, 1.54) is 13.2 Å². The third-order valence-corrected chi connectivity index (χ3v) is 3.98. The van der Waals surface area contributed by atoms with Crippen LogP contribution in [0.5, 0.6) is 5.75 Å². The topological polar surface area (TPSA) is 63.1 Å². The number of benzene rings is 1. The van der Waals surface area contributed by atoms with Crippen molar-refractivity contribution in [3.8, 4) is 17.2 Å². The van der Waals surface area contributed by atoms with Crippen molar-refractivity contribution in [3.63, 3.8) is 0 Å². The predicted molar refractivity (Wildman–Crippen MR) is 89.2 cm³/mol. The van der Waals surface area contributed by atoms with Gasteiger partial charge in [0.2, 0.25) is 0 Å². The molecule has 0 spiro atoms. The monoisotopic (exact) mass is 329 g/mol. The van der Waals surface area contributed by atoms with E-state index in [1.807, 2.05) is 32.0 Å². The minimum Gasteiger partial charge on any atom is -0.494 e. The van der Waals surface area contributed by atoms with Gasteiger partial charge in [-0.1, -0.05) is 6.07 Å². The number of ether oxygens (including phenoxy) is 1. The summed E-state index contributed by atoms with van der Waals surface area (Å²) < 4.78 is 24.4. The Bertz CT molecular complexity index is 825. The van der Waals surface area contributed by atoms with Gasteiger partial charge in [0.05, 0.1) is 13.3 Å². The Hall–Kier alpha value is -2.60. The smallest absolute Gasteiger partial charge is 0.165 e. The minimum absolute atomic E-state index is 0.0218. The molecule has 0 fully saturated rings. The quantitative estimate of drug-likeness (QED) is 0.718. The first-order valence-electron chi connectivity index (χ1n) is 7.74. The fourth-order valence-corrected chi connectivity index (χ4v) is 2.56. The lowest BCUT2D eigenvalue weighted by Gasteiger charge is -2.15. The van der Waals surface area contributed by atoms with Gasteiger partial charge in [-0.25, -0.2) is 4.39 Å². The maximum atomic E-state index is 13.8. The first-order valence-corrected chi connectivity index (χ1v) is 7.74. The van der Waals surface area contributed by atoms with Crippen LogP contribution in [-0.4, -0.2) is 17.3 Å². The van der Waals surface area contributed by atoms with Gasteiger partial charge < -0.3 is 14.5 Å². The number of hydrogen-bond acceptors (Lipinski definition) is 4. The zero-order valence-electron chi connectivity index (χ0n) is 13.9. The molecule has 3 aromatic rings. The first-order chi connectivity index (χ1) is 11.6. The molecule has 0 amide bonds. The molecule has 3 rings (SSSR count). The van der Waals surface area contributed by atoms with Crippen LogP contribution in [0.25, 0.3) is 11.5 Å². The van der Waals surface area contributed by atoms with Crippen molar-refractivity contribution in [1.29, 1.82) is 0 Å². The van der Waals surface area contributed by atoms with E-state index in [0.717, 1.165) is 28.3 Å². The molecule has 2 aromatic heterocycles. The van der Waals surface area contributed by atoms with Crippen LogP contribution in [-0.2, 0) is 6.54 Å². The van der Waals surface area contributed by atoms with Crippen molar-refractivity contribution in [2.24, 2.45) is 0 Å². The minimum atomic E-state index is -0.362. The van der Waals surface area contributed by atoms with Crippen molar-refractivity contribution < 1.29 is 13.5 Å². The van der Waals surface area contributed by atoms with E-state index >= 15 is 0 Å². The molecule has 5 nitrogen and oxygen atoms in total. The van der Waals surface area contributed by atoms with E-state index in [9.17, 15) is 4.39 Å². The largest absolute Gasteiger partial charge is 0.494 e. The summed E-state index contributed by atoms with van der Waals surface area (Å²) in [6, 6.07) is 8.78. The summed E-state index contributed by atoms with van der Waals surface area (Å²) >= 11 is 0. The number of furan rings is 1. The summed E-state index contributed by atoms with van der Waals surface area (Å²) in [4.78, 5) is 0. The number of nitrogens with zero attached hydrogens (tertiary/aromatic N) is 1. The summed E-state index contributed by atoms with van der Waals surface area (Å²) in [5.74, 6) is 1.49. The van der Waals surface area contributed by atoms with Gasteiger partial charge in [-0.15, -0.1) is 0 Å². The normalized spacial score (nSPS) is 12.3. The van der Waals surface area contributed by atoms with Crippen LogP contribution >= 0.6 is 0 Å². The Morgan fingerprint density at radius 3 is 2.83 bits per heavy atom. The van der Waals surface area contributed by atoms with E-state index in [-0.39, 0.29) is 17.6 Å². The highest BCUT2D eigenvalue weighted by atomic mass is 19.1. The Labute approximate surface area is 139 Å². The van der Waals surface area contributed by atoms with Gasteiger partial charge in [0.15, 0.2) is 17.3 Å². The highest BCUT2D eigenvalue weighted by Gasteiger charge is 2.13. The summed E-state index contributed by atoms with van der Waals surface area (Å²) in [6.45, 7) is 4.47. The molecule has 0 aliphatic carbocycles. The van der Waals surface area contributed by atoms with Gasteiger partial charge in [-0.05, 0) is 43.7 Å². The van der Waals surface area contributed by atoms with Gasteiger partial charge >= 0.3 is 0 Å². The summed E-state index contributed by atoms with van der Waals surface area (Å²) in [5.41, 5.74) is 2.70. The summed E-state index contributed by atoms with van der Waals surface area (Å²) in [7, 11) is 1.45. The van der Waals surface area contributed by atoms with Gasteiger partial charge in [0.25, 0.3) is 0 Å². The molecule has 1 aromatic carbocycles. The second kappa shape index (κ2) is 6.88. The molecule has 0 aliphatic heterocycles. The lowest BCUT2D eigenvalue weighted by atomic mass is 10.1. The Morgan fingerprint density at radius 1 is 1.33 bits per heavy atom. The molecule has 24 heavy (non-hydrogen) atoms. The Balaban J connectivity index is 1.70. The van der Waals surface area contributed by atoms with Crippen LogP contribution in [0, 0.1) is 12.7 Å². The summed E-state index contributed by atoms with van der Waals surface area (Å²) in [6.07, 6.45) is 1.77. The Kier molecular flexibility index (Phi) is 4.66. The van der Waals surface area contributed by atoms with E-state index in [0.29, 0.717) is 6.54 Å². The summed E-state index contributed by atoms with van der Waals surface area (Å²) in [5, 5.41) is 10.4. The van der Waals surface area contributed by atoms with E-state index in [2.05, 4.69) is 15.5 Å². The molecule has 2 heterocycles. The number of aromatic nitrogens is 2. The molecule has 0 bridgehead atoms. The van der Waals surface area contributed by atoms with Crippen LogP contribution in [0.2, 0.25) is 0 Å². The van der Waals surface area contributed by atoms with E-state index in [1.54, 1.807) is 12.3 Å². The van der Waals surface area contributed by atoms with E-state index in [4.69, 9.17) is 9.15 Å². The van der Waals surface area contributed by atoms with Crippen molar-refractivity contribution in [2.75, 3.05) is 7.11 Å². The predicted octanol–water partition coefficient (Wildman–Crippen LogP) is 3.98. The molecular formula is C18H20FN3O2. The van der Waals surface area contributed by atoms with Crippen LogP contribution in [0.3, 0.4) is 0 Å². The maximum Gasteiger partial charge on any atom is 0.165 e. The van der Waals surface area contributed by atoms with Gasteiger partial charge in [0, 0.05) is 18.2 Å². The number of hydrogen-bond donors (Lipinski definition) is 2. The number of methoxy groups -OCH3 is 1. The zero-order valence-corrected chi connectivity index (χ0v) is 13.9. The highest BCUT2D eigenvalue weighted by Crippen LogP contribution is 2.25. The molecule has 1 unspecified atom stereocenters. The zero-order chi connectivity index (χ0) is 17.1. The fourth-order valence-electron chi connectivity index (χ4n) is 2.56. The van der Waals surface area contributed by atoms with Crippen molar-refractivity contribution in [1.82, 2.24) is 15.5 Å². The van der Waals surface area contributed by atoms with Gasteiger partial charge in [0.1, 0.15) is 11.5 Å². The average molecular weight is 329 g/mol. The lowest BCUT2D eigenvalue weighted by molar-refractivity contribution is 0.385. The second-order valence-electron chi connectivity index (χ2n) is 5.68. The van der Waals surface area contributed by atoms with Crippen LogP contribution in [0.1, 0.15) is 29.9 Å². The molecule has 126 valence electrons. The first kappa shape index (κ1) is 16.3. The molecule has 1 atom stereocenters. The number of H-pyrrole nitrogens is 1. The highest BCUT2D eigenvalue weighted by molar-refractivity contribution is 5.56. The fraction of sp³-hybridized carbons (Fsp3) is 0.278. The van der Waals surface area contributed by atoms with Crippen LogP contribution < -0.4 is 10.1 Å². The maximum absolute atomic E-state index is 13.8. The van der Waals surface area contributed by atoms with Crippen molar-refractivity contribution in [2.45, 2.75) is 26.4 Å². The number of aryl methyl sites for hydroxylation is 1. The number of aromatic amines is 1. The second-order valence-corrected chi connectivity index (χ2v) is 5.68. The van der Waals surface area contributed by atoms with E-state index < -0.39 is 0 Å². The molecule has 0 aliphatic rings. The standard InChI is InChI=1S/C18H20FN3O2/c1-11-4-6-17(24-11)18-14(10-21-22-18)9-20-12(2)13-5-7-16(23-3)15(19)8-13/h4-8,10,12,20H,9H2,1-3H3,(H,21,22). The van der Waals surface area contributed by atoms with Crippen LogP contribution in [0.4, 0.5) is 4.39 Å². The third-order valence-electron chi connectivity index (χ3n) is 3.98. The lowest BCUT2D eigenvalue weighted by Crippen LogP contribution is -2.18. The Morgan fingerprint density at radius 2 is 2.17 bits per heavy atom. The molecule has 2 N–H and O–H groups in total. The molecule has 0 radical (unpaired) electrons. The molecule has 0 saturated carbocycles. The molecule has 6 heteroatoms. The van der Waals surface area contributed by atoms with Gasteiger partial charge in [-0.3, -0.25) is 5.10 Å². The molecular weight excluding hydrogens is 309 g/mol. The number of nitrogens with one attached hydrogen (secondary N) is 2.